The van der Waals surface area contributed by atoms with E-state index in [9.17, 15) is 0 Å². The number of fused-ring (bicyclic) bond motifs is 5. The number of thiophene rings is 1. The predicted octanol–water partition coefficient (Wildman–Crippen LogP) is 4.12. The van der Waals surface area contributed by atoms with Crippen molar-refractivity contribution in [2.45, 2.75) is 6.42 Å². The van der Waals surface area contributed by atoms with Gasteiger partial charge < -0.3 is 11.1 Å². The molecule has 0 fully saturated rings. The number of rotatable bonds is 0. The van der Waals surface area contributed by atoms with E-state index in [0.29, 0.717) is 0 Å². The average molecular weight is 266 g/mol. The number of nitrogens with one attached hydrogen (secondary N) is 1. The van der Waals surface area contributed by atoms with Gasteiger partial charge in [-0.1, -0.05) is 24.3 Å². The number of nitrogens with two attached hydrogens (primary N) is 1. The molecule has 3 aromatic rings. The number of hydrogen-bond acceptors (Lipinski definition) is 3. The molecular weight excluding hydrogens is 252 g/mol. The first-order valence-corrected chi connectivity index (χ1v) is 7.29. The van der Waals surface area contributed by atoms with Gasteiger partial charge in [-0.2, -0.15) is 0 Å². The molecule has 2 aromatic carbocycles. The summed E-state index contributed by atoms with van der Waals surface area (Å²) in [5.74, 6) is 0. The molecule has 0 saturated heterocycles. The third-order valence-corrected chi connectivity index (χ3v) is 4.87. The first kappa shape index (κ1) is 10.9. The Morgan fingerprint density at radius 2 is 2.00 bits per heavy atom. The van der Waals surface area contributed by atoms with Crippen LogP contribution in [0.5, 0.6) is 0 Å². The van der Waals surface area contributed by atoms with E-state index >= 15 is 0 Å². The summed E-state index contributed by atoms with van der Waals surface area (Å²) in [6.45, 7) is 0.977. The molecule has 2 nitrogen and oxygen atoms in total. The molecule has 3 N–H and O–H groups in total. The molecule has 0 bridgehead atoms. The smallest absolute Gasteiger partial charge is 0.0610 e. The van der Waals surface area contributed by atoms with Crippen molar-refractivity contribution in [1.29, 1.82) is 0 Å². The van der Waals surface area contributed by atoms with E-state index in [-0.39, 0.29) is 0 Å². The number of nitrogen functional groups attached to an aromatic ring is 1. The highest BCUT2D eigenvalue weighted by Gasteiger charge is 2.18. The zero-order valence-electron chi connectivity index (χ0n) is 10.4. The molecule has 1 aromatic heterocycles. The fourth-order valence-corrected chi connectivity index (χ4v) is 3.98. The highest BCUT2D eigenvalue weighted by molar-refractivity contribution is 7.23. The molecule has 2 heterocycles. The summed E-state index contributed by atoms with van der Waals surface area (Å²) in [6.07, 6.45) is 1.07. The number of benzene rings is 2. The van der Waals surface area contributed by atoms with Crippen LogP contribution in [-0.4, -0.2) is 6.54 Å². The molecule has 3 heteroatoms. The van der Waals surface area contributed by atoms with Crippen LogP contribution >= 0.6 is 11.3 Å². The predicted molar refractivity (Wildman–Crippen MR) is 83.9 cm³/mol. The van der Waals surface area contributed by atoms with E-state index in [1.165, 1.54) is 31.8 Å². The molecule has 4 rings (SSSR count). The molecular formula is C16H14N2S. The summed E-state index contributed by atoms with van der Waals surface area (Å²) in [5, 5.41) is 4.82. The average Bonchev–Trinajstić information content (AvgIpc) is 2.67. The summed E-state index contributed by atoms with van der Waals surface area (Å²) in [5.41, 5.74) is 10.8. The van der Waals surface area contributed by atoms with Gasteiger partial charge in [-0.15, -0.1) is 11.3 Å². The van der Waals surface area contributed by atoms with E-state index in [1.807, 2.05) is 17.4 Å². The van der Waals surface area contributed by atoms with Crippen molar-refractivity contribution >= 4 is 32.8 Å². The lowest BCUT2D eigenvalue weighted by molar-refractivity contribution is 1.04. The van der Waals surface area contributed by atoms with Crippen LogP contribution in [-0.2, 0) is 6.42 Å². The van der Waals surface area contributed by atoms with Crippen molar-refractivity contribution in [2.24, 2.45) is 0 Å². The Kier molecular flexibility index (Phi) is 2.29. The van der Waals surface area contributed by atoms with Crippen molar-refractivity contribution in [2.75, 3.05) is 17.6 Å². The van der Waals surface area contributed by atoms with Crippen LogP contribution in [0.1, 0.15) is 5.56 Å². The highest BCUT2D eigenvalue weighted by Crippen LogP contribution is 2.45. The van der Waals surface area contributed by atoms with Crippen LogP contribution in [0.25, 0.3) is 20.5 Å². The topological polar surface area (TPSA) is 38.0 Å². The minimum absolute atomic E-state index is 0.826. The first-order chi connectivity index (χ1) is 9.33. The van der Waals surface area contributed by atoms with Crippen LogP contribution in [0.2, 0.25) is 0 Å². The van der Waals surface area contributed by atoms with Crippen LogP contribution in [0.15, 0.2) is 42.5 Å². The van der Waals surface area contributed by atoms with Crippen molar-refractivity contribution in [1.82, 2.24) is 0 Å². The lowest BCUT2D eigenvalue weighted by Gasteiger charge is -2.03. The van der Waals surface area contributed by atoms with Gasteiger partial charge in [0.15, 0.2) is 0 Å². The molecule has 94 valence electrons. The summed E-state index contributed by atoms with van der Waals surface area (Å²) in [6, 6.07) is 14.9. The molecule has 0 aliphatic carbocycles. The van der Waals surface area contributed by atoms with Gasteiger partial charge in [0.2, 0.25) is 0 Å². The Bertz CT molecular complexity index is 774. The van der Waals surface area contributed by atoms with Crippen molar-refractivity contribution in [3.05, 3.63) is 48.0 Å². The van der Waals surface area contributed by atoms with E-state index in [0.717, 1.165) is 18.7 Å². The van der Waals surface area contributed by atoms with Gasteiger partial charge in [0.1, 0.15) is 0 Å². The van der Waals surface area contributed by atoms with Crippen molar-refractivity contribution in [3.8, 4) is 10.4 Å². The molecule has 0 saturated carbocycles. The fourth-order valence-electron chi connectivity index (χ4n) is 2.76. The normalized spacial score (nSPS) is 13.5. The van der Waals surface area contributed by atoms with Gasteiger partial charge in [0.05, 0.1) is 10.6 Å². The monoisotopic (exact) mass is 266 g/mol. The first-order valence-electron chi connectivity index (χ1n) is 6.47. The van der Waals surface area contributed by atoms with Gasteiger partial charge in [0.25, 0.3) is 0 Å². The Morgan fingerprint density at radius 3 is 2.95 bits per heavy atom. The van der Waals surface area contributed by atoms with E-state index < -0.39 is 0 Å². The SMILES string of the molecule is Nc1ccc2sc3c(c2c1)NCCc1ccccc1-3. The summed E-state index contributed by atoms with van der Waals surface area (Å²) < 4.78 is 1.29. The molecule has 0 amide bonds. The van der Waals surface area contributed by atoms with Crippen LogP contribution in [0.4, 0.5) is 11.4 Å². The van der Waals surface area contributed by atoms with Gasteiger partial charge in [0, 0.05) is 22.3 Å². The minimum Gasteiger partial charge on any atom is -0.399 e. The molecule has 1 aliphatic rings. The van der Waals surface area contributed by atoms with Gasteiger partial charge >= 0.3 is 0 Å². The lowest BCUT2D eigenvalue weighted by Crippen LogP contribution is -2.02. The molecule has 0 atom stereocenters. The number of anilines is 2. The molecule has 19 heavy (non-hydrogen) atoms. The summed E-state index contributed by atoms with van der Waals surface area (Å²) >= 11 is 1.85. The van der Waals surface area contributed by atoms with E-state index in [2.05, 4.69) is 41.7 Å². The zero-order chi connectivity index (χ0) is 12.8. The van der Waals surface area contributed by atoms with Crippen LogP contribution in [0, 0.1) is 0 Å². The van der Waals surface area contributed by atoms with Gasteiger partial charge in [-0.25, -0.2) is 0 Å². The van der Waals surface area contributed by atoms with E-state index in [1.54, 1.807) is 0 Å². The fraction of sp³-hybridized carbons (Fsp3) is 0.125. The second kappa shape index (κ2) is 4.00. The van der Waals surface area contributed by atoms with E-state index in [4.69, 9.17) is 5.73 Å². The molecule has 0 radical (unpaired) electrons. The number of hydrogen-bond donors (Lipinski definition) is 2. The maximum Gasteiger partial charge on any atom is 0.0610 e. The van der Waals surface area contributed by atoms with Crippen molar-refractivity contribution in [3.63, 3.8) is 0 Å². The maximum absolute atomic E-state index is 5.93. The summed E-state index contributed by atoms with van der Waals surface area (Å²) in [7, 11) is 0. The second-order valence-corrected chi connectivity index (χ2v) is 5.95. The van der Waals surface area contributed by atoms with Crippen molar-refractivity contribution < 1.29 is 0 Å². The minimum atomic E-state index is 0.826. The quantitative estimate of drug-likeness (QED) is 0.601. The standard InChI is InChI=1S/C16H14N2S/c17-11-5-6-14-13(9-11)15-16(19-14)12-4-2-1-3-10(12)7-8-18-15/h1-6,9,18H,7-8,17H2. The highest BCUT2D eigenvalue weighted by atomic mass is 32.1. The summed E-state index contributed by atoms with van der Waals surface area (Å²) in [4.78, 5) is 1.34. The Labute approximate surface area is 115 Å². The Hall–Kier alpha value is -2.00. The van der Waals surface area contributed by atoms with Crippen LogP contribution < -0.4 is 11.1 Å². The molecule has 0 unspecified atom stereocenters. The van der Waals surface area contributed by atoms with Crippen LogP contribution in [0.3, 0.4) is 0 Å². The third kappa shape index (κ3) is 1.62. The van der Waals surface area contributed by atoms with Gasteiger partial charge in [-0.05, 0) is 35.7 Å². The third-order valence-electron chi connectivity index (χ3n) is 3.67. The Balaban J connectivity index is 2.08. The largest absolute Gasteiger partial charge is 0.399 e. The van der Waals surface area contributed by atoms with Gasteiger partial charge in [-0.3, -0.25) is 0 Å². The molecule has 1 aliphatic heterocycles. The maximum atomic E-state index is 5.93. The zero-order valence-corrected chi connectivity index (χ0v) is 11.3. The molecule has 0 spiro atoms. The second-order valence-electron chi connectivity index (χ2n) is 4.90. The lowest BCUT2D eigenvalue weighted by atomic mass is 10.0. The Morgan fingerprint density at radius 1 is 1.11 bits per heavy atom.